The summed E-state index contributed by atoms with van der Waals surface area (Å²) in [6.45, 7) is 2.82. The van der Waals surface area contributed by atoms with Gasteiger partial charge in [0, 0.05) is 31.0 Å². The number of rotatable bonds is 6. The van der Waals surface area contributed by atoms with Gasteiger partial charge < -0.3 is 9.88 Å². The molecule has 0 saturated carbocycles. The summed E-state index contributed by atoms with van der Waals surface area (Å²) in [5.41, 5.74) is 2.34. The van der Waals surface area contributed by atoms with E-state index in [1.807, 2.05) is 6.07 Å². The highest BCUT2D eigenvalue weighted by molar-refractivity contribution is 5.79. The number of para-hydroxylation sites is 1. The van der Waals surface area contributed by atoms with Crippen molar-refractivity contribution in [2.75, 3.05) is 6.54 Å². The normalized spacial score (nSPS) is 11.0. The topological polar surface area (TPSA) is 42.7 Å². The highest BCUT2D eigenvalue weighted by Gasteiger charge is 1.99. The van der Waals surface area contributed by atoms with Gasteiger partial charge in [0.2, 0.25) is 0 Å². The Balaban J connectivity index is 1.46. The van der Waals surface area contributed by atoms with Crippen LogP contribution in [0.1, 0.15) is 12.1 Å². The maximum Gasteiger partial charge on any atom is 0.115 e. The van der Waals surface area contributed by atoms with Crippen LogP contribution in [0.2, 0.25) is 0 Å². The molecule has 4 heteroatoms. The fourth-order valence-corrected chi connectivity index (χ4v) is 2.35. The van der Waals surface area contributed by atoms with E-state index in [1.165, 1.54) is 10.9 Å². The third-order valence-corrected chi connectivity index (χ3v) is 3.38. The molecule has 102 valence electrons. The van der Waals surface area contributed by atoms with E-state index >= 15 is 0 Å². The van der Waals surface area contributed by atoms with Crippen LogP contribution in [-0.4, -0.2) is 21.1 Å². The highest BCUT2D eigenvalue weighted by atomic mass is 15.0. The molecule has 0 aliphatic heterocycles. The zero-order chi connectivity index (χ0) is 13.6. The first-order valence-electron chi connectivity index (χ1n) is 6.93. The fourth-order valence-electron chi connectivity index (χ4n) is 2.35. The number of hydrogen-bond donors (Lipinski definition) is 1. The summed E-state index contributed by atoms with van der Waals surface area (Å²) in [7, 11) is 0. The maximum absolute atomic E-state index is 4.19. The second kappa shape index (κ2) is 6.30. The summed E-state index contributed by atoms with van der Waals surface area (Å²) in [5.74, 6) is 0. The molecule has 3 aromatic rings. The predicted octanol–water partition coefficient (Wildman–Crippen LogP) is 2.61. The number of aromatic nitrogens is 3. The Labute approximate surface area is 118 Å². The minimum atomic E-state index is 0.801. The summed E-state index contributed by atoms with van der Waals surface area (Å²) in [6, 6.07) is 12.6. The lowest BCUT2D eigenvalue weighted by molar-refractivity contribution is 0.586. The van der Waals surface area contributed by atoms with E-state index in [1.54, 1.807) is 12.5 Å². The van der Waals surface area contributed by atoms with Gasteiger partial charge in [-0.2, -0.15) is 0 Å². The van der Waals surface area contributed by atoms with E-state index in [4.69, 9.17) is 0 Å². The van der Waals surface area contributed by atoms with Crippen molar-refractivity contribution in [3.05, 3.63) is 60.8 Å². The van der Waals surface area contributed by atoms with Gasteiger partial charge in [0.25, 0.3) is 0 Å². The van der Waals surface area contributed by atoms with Crippen molar-refractivity contribution < 1.29 is 0 Å². The lowest BCUT2D eigenvalue weighted by atomic mass is 10.2. The van der Waals surface area contributed by atoms with Crippen molar-refractivity contribution in [2.45, 2.75) is 19.5 Å². The van der Waals surface area contributed by atoms with E-state index in [0.717, 1.165) is 31.7 Å². The van der Waals surface area contributed by atoms with Crippen LogP contribution >= 0.6 is 0 Å². The van der Waals surface area contributed by atoms with Gasteiger partial charge in [-0.1, -0.05) is 18.2 Å². The van der Waals surface area contributed by atoms with Crippen molar-refractivity contribution >= 4 is 10.9 Å². The largest absolute Gasteiger partial charge is 0.347 e. The number of aryl methyl sites for hydroxylation is 1. The van der Waals surface area contributed by atoms with Crippen molar-refractivity contribution in [3.63, 3.8) is 0 Å². The first-order chi connectivity index (χ1) is 9.93. The van der Waals surface area contributed by atoms with Gasteiger partial charge in [0.1, 0.15) is 6.33 Å². The van der Waals surface area contributed by atoms with Gasteiger partial charge in [-0.15, -0.1) is 0 Å². The van der Waals surface area contributed by atoms with Crippen LogP contribution in [0.4, 0.5) is 0 Å². The van der Waals surface area contributed by atoms with Crippen LogP contribution in [0.25, 0.3) is 10.9 Å². The molecule has 20 heavy (non-hydrogen) atoms. The molecule has 0 saturated heterocycles. The molecule has 0 radical (unpaired) electrons. The van der Waals surface area contributed by atoms with E-state index in [0.29, 0.717) is 0 Å². The van der Waals surface area contributed by atoms with Crippen molar-refractivity contribution in [1.29, 1.82) is 0 Å². The third kappa shape index (κ3) is 3.03. The lowest BCUT2D eigenvalue weighted by Crippen LogP contribution is -2.17. The summed E-state index contributed by atoms with van der Waals surface area (Å²) in [4.78, 5) is 8.10. The number of nitrogens with zero attached hydrogens (tertiary/aromatic N) is 3. The standard InChI is InChI=1S/C16H18N4/c1-2-5-16-14(4-1)7-11-20(16)10-3-8-17-12-15-6-9-18-13-19-15/h1-2,4-7,9,11,13,17H,3,8,10,12H2. The van der Waals surface area contributed by atoms with Gasteiger partial charge in [-0.05, 0) is 36.6 Å². The maximum atomic E-state index is 4.19. The molecule has 2 heterocycles. The Hall–Kier alpha value is -2.20. The minimum Gasteiger partial charge on any atom is -0.347 e. The molecule has 1 aromatic carbocycles. The molecule has 2 aromatic heterocycles. The number of benzene rings is 1. The zero-order valence-corrected chi connectivity index (χ0v) is 11.4. The molecular formula is C16H18N4. The molecule has 0 aliphatic carbocycles. The predicted molar refractivity (Wildman–Crippen MR) is 80.3 cm³/mol. The van der Waals surface area contributed by atoms with Gasteiger partial charge in [-0.3, -0.25) is 0 Å². The second-order valence-corrected chi connectivity index (χ2v) is 4.80. The summed E-state index contributed by atoms with van der Waals surface area (Å²) in [6.07, 6.45) is 6.62. The zero-order valence-electron chi connectivity index (χ0n) is 11.4. The first kappa shape index (κ1) is 12.8. The SMILES string of the molecule is c1ccc2c(c1)ccn2CCCNCc1ccncn1. The van der Waals surface area contributed by atoms with Crippen molar-refractivity contribution in [2.24, 2.45) is 0 Å². The molecule has 1 N–H and O–H groups in total. The lowest BCUT2D eigenvalue weighted by Gasteiger charge is -2.06. The minimum absolute atomic E-state index is 0.801. The van der Waals surface area contributed by atoms with Crippen LogP contribution in [0.3, 0.4) is 0 Å². The van der Waals surface area contributed by atoms with Crippen molar-refractivity contribution in [1.82, 2.24) is 19.9 Å². The van der Waals surface area contributed by atoms with E-state index in [2.05, 4.69) is 56.4 Å². The Kier molecular flexibility index (Phi) is 4.04. The van der Waals surface area contributed by atoms with Crippen LogP contribution in [0.5, 0.6) is 0 Å². The molecule has 0 aliphatic rings. The Morgan fingerprint density at radius 1 is 1.10 bits per heavy atom. The van der Waals surface area contributed by atoms with E-state index < -0.39 is 0 Å². The average Bonchev–Trinajstić information content (AvgIpc) is 2.91. The van der Waals surface area contributed by atoms with Gasteiger partial charge in [-0.25, -0.2) is 9.97 Å². The molecule has 0 atom stereocenters. The van der Waals surface area contributed by atoms with Gasteiger partial charge in [0.05, 0.1) is 5.69 Å². The third-order valence-electron chi connectivity index (χ3n) is 3.38. The van der Waals surface area contributed by atoms with Crippen LogP contribution in [0.15, 0.2) is 55.1 Å². The Morgan fingerprint density at radius 2 is 2.05 bits per heavy atom. The molecule has 0 spiro atoms. The molecule has 4 nitrogen and oxygen atoms in total. The highest BCUT2D eigenvalue weighted by Crippen LogP contribution is 2.15. The van der Waals surface area contributed by atoms with Gasteiger partial charge >= 0.3 is 0 Å². The summed E-state index contributed by atoms with van der Waals surface area (Å²) in [5, 5.41) is 4.72. The molecule has 3 rings (SSSR count). The van der Waals surface area contributed by atoms with Crippen LogP contribution < -0.4 is 5.32 Å². The van der Waals surface area contributed by atoms with Crippen LogP contribution in [0, 0.1) is 0 Å². The number of fused-ring (bicyclic) bond motifs is 1. The first-order valence-corrected chi connectivity index (χ1v) is 6.93. The second-order valence-electron chi connectivity index (χ2n) is 4.80. The smallest absolute Gasteiger partial charge is 0.115 e. The molecular weight excluding hydrogens is 248 g/mol. The molecule has 0 amide bonds. The van der Waals surface area contributed by atoms with Gasteiger partial charge in [0.15, 0.2) is 0 Å². The molecule has 0 bridgehead atoms. The fraction of sp³-hybridized carbons (Fsp3) is 0.250. The van der Waals surface area contributed by atoms with E-state index in [9.17, 15) is 0 Å². The number of nitrogens with one attached hydrogen (secondary N) is 1. The monoisotopic (exact) mass is 266 g/mol. The average molecular weight is 266 g/mol. The summed E-state index contributed by atoms with van der Waals surface area (Å²) < 4.78 is 2.31. The number of hydrogen-bond acceptors (Lipinski definition) is 3. The van der Waals surface area contributed by atoms with Crippen LogP contribution in [-0.2, 0) is 13.1 Å². The van der Waals surface area contributed by atoms with E-state index in [-0.39, 0.29) is 0 Å². The molecule has 0 unspecified atom stereocenters. The quantitative estimate of drug-likeness (QED) is 0.697. The molecule has 0 fully saturated rings. The van der Waals surface area contributed by atoms with Crippen molar-refractivity contribution in [3.8, 4) is 0 Å². The Bertz CT molecular complexity index is 660. The Morgan fingerprint density at radius 3 is 2.95 bits per heavy atom. The summed E-state index contributed by atoms with van der Waals surface area (Å²) >= 11 is 0.